The van der Waals surface area contributed by atoms with E-state index < -0.39 is 0 Å². The Kier molecular flexibility index (Phi) is 4.35. The molecule has 0 aliphatic rings. The normalized spacial score (nSPS) is 12.2. The maximum atomic E-state index is 5.48. The Morgan fingerprint density at radius 1 is 1.26 bits per heavy atom. The van der Waals surface area contributed by atoms with Crippen molar-refractivity contribution in [2.24, 2.45) is 0 Å². The zero-order valence-electron chi connectivity index (χ0n) is 11.3. The molecule has 6 heteroatoms. The van der Waals surface area contributed by atoms with Gasteiger partial charge in [0, 0.05) is 6.54 Å². The predicted molar refractivity (Wildman–Crippen MR) is 72.1 cm³/mol. The van der Waals surface area contributed by atoms with Crippen molar-refractivity contribution in [2.45, 2.75) is 19.5 Å². The lowest BCUT2D eigenvalue weighted by atomic mass is 10.2. The molecule has 102 valence electrons. The molecule has 19 heavy (non-hydrogen) atoms. The second-order valence-electron chi connectivity index (χ2n) is 4.16. The maximum absolute atomic E-state index is 5.48. The first-order valence-corrected chi connectivity index (χ1v) is 6.10. The van der Waals surface area contributed by atoms with E-state index in [1.165, 1.54) is 0 Å². The molecule has 1 aromatic heterocycles. The van der Waals surface area contributed by atoms with Gasteiger partial charge >= 0.3 is 6.01 Å². The third-order valence-electron chi connectivity index (χ3n) is 2.85. The first-order valence-electron chi connectivity index (χ1n) is 6.10. The van der Waals surface area contributed by atoms with Crippen LogP contribution in [0.15, 0.2) is 28.7 Å². The number of nitrogens with zero attached hydrogens (tertiary/aromatic N) is 2. The molecule has 0 saturated carbocycles. The summed E-state index contributed by atoms with van der Waals surface area (Å²) in [4.78, 5) is 0. The Balaban J connectivity index is 1.92. The zero-order valence-corrected chi connectivity index (χ0v) is 11.3. The van der Waals surface area contributed by atoms with Crippen molar-refractivity contribution in [3.8, 4) is 5.75 Å². The number of aromatic nitrogens is 2. The van der Waals surface area contributed by atoms with Crippen LogP contribution in [0.25, 0.3) is 0 Å². The Labute approximate surface area is 112 Å². The molecule has 0 fully saturated rings. The third kappa shape index (κ3) is 3.45. The summed E-state index contributed by atoms with van der Waals surface area (Å²) in [6, 6.07) is 8.27. The molecular formula is C13H18N4O2. The summed E-state index contributed by atoms with van der Waals surface area (Å²) < 4.78 is 10.6. The molecule has 2 rings (SSSR count). The van der Waals surface area contributed by atoms with Crippen LogP contribution in [0.3, 0.4) is 0 Å². The molecule has 0 spiro atoms. The van der Waals surface area contributed by atoms with Gasteiger partial charge in [-0.2, -0.15) is 0 Å². The van der Waals surface area contributed by atoms with Gasteiger partial charge < -0.3 is 19.8 Å². The molecular weight excluding hydrogens is 244 g/mol. The molecule has 1 atom stereocenters. The Bertz CT molecular complexity index is 510. The molecule has 0 radical (unpaired) electrons. The van der Waals surface area contributed by atoms with Crippen LogP contribution in [0.1, 0.15) is 24.4 Å². The zero-order chi connectivity index (χ0) is 13.7. The van der Waals surface area contributed by atoms with E-state index in [4.69, 9.17) is 9.15 Å². The van der Waals surface area contributed by atoms with E-state index >= 15 is 0 Å². The molecule has 0 saturated heterocycles. The standard InChI is InChI=1S/C13H18N4O2/c1-9(14-2)12-16-17-13(19-12)15-8-10-4-6-11(18-3)7-5-10/h4-7,9,14H,8H2,1-3H3,(H,15,17). The highest BCUT2D eigenvalue weighted by molar-refractivity contribution is 5.29. The van der Waals surface area contributed by atoms with E-state index in [9.17, 15) is 0 Å². The first kappa shape index (κ1) is 13.4. The van der Waals surface area contributed by atoms with Gasteiger partial charge in [0.15, 0.2) is 0 Å². The predicted octanol–water partition coefficient (Wildman–Crippen LogP) is 1.97. The van der Waals surface area contributed by atoms with Gasteiger partial charge in [0.1, 0.15) is 5.75 Å². The fourth-order valence-corrected chi connectivity index (χ4v) is 1.53. The number of methoxy groups -OCH3 is 1. The minimum absolute atomic E-state index is 0.0454. The molecule has 0 aliphatic carbocycles. The fraction of sp³-hybridized carbons (Fsp3) is 0.385. The molecule has 1 heterocycles. The molecule has 2 aromatic rings. The second kappa shape index (κ2) is 6.19. The average molecular weight is 262 g/mol. The maximum Gasteiger partial charge on any atom is 0.315 e. The van der Waals surface area contributed by atoms with Gasteiger partial charge in [0.25, 0.3) is 0 Å². The van der Waals surface area contributed by atoms with Crippen molar-refractivity contribution in [1.29, 1.82) is 0 Å². The molecule has 0 aliphatic heterocycles. The van der Waals surface area contributed by atoms with Gasteiger partial charge in [-0.05, 0) is 31.7 Å². The third-order valence-corrected chi connectivity index (χ3v) is 2.85. The Morgan fingerprint density at radius 2 is 2.00 bits per heavy atom. The molecule has 6 nitrogen and oxygen atoms in total. The highest BCUT2D eigenvalue weighted by Gasteiger charge is 2.11. The van der Waals surface area contributed by atoms with Gasteiger partial charge in [-0.25, -0.2) is 0 Å². The minimum Gasteiger partial charge on any atom is -0.497 e. The molecule has 2 N–H and O–H groups in total. The van der Waals surface area contributed by atoms with Crippen molar-refractivity contribution in [1.82, 2.24) is 15.5 Å². The molecule has 1 unspecified atom stereocenters. The van der Waals surface area contributed by atoms with Crippen LogP contribution in [-0.4, -0.2) is 24.4 Å². The van der Waals surface area contributed by atoms with Gasteiger partial charge in [0.05, 0.1) is 13.2 Å². The summed E-state index contributed by atoms with van der Waals surface area (Å²) in [6.07, 6.45) is 0. The van der Waals surface area contributed by atoms with Gasteiger partial charge in [-0.3, -0.25) is 0 Å². The van der Waals surface area contributed by atoms with E-state index in [1.807, 2.05) is 38.2 Å². The van der Waals surface area contributed by atoms with Crippen LogP contribution in [0.2, 0.25) is 0 Å². The smallest absolute Gasteiger partial charge is 0.315 e. The first-order chi connectivity index (χ1) is 9.22. The highest BCUT2D eigenvalue weighted by atomic mass is 16.5. The average Bonchev–Trinajstić information content (AvgIpc) is 2.93. The molecule has 0 amide bonds. The van der Waals surface area contributed by atoms with Crippen LogP contribution < -0.4 is 15.4 Å². The SMILES string of the molecule is CNC(C)c1nnc(NCc2ccc(OC)cc2)o1. The van der Waals surface area contributed by atoms with Crippen LogP contribution in [0, 0.1) is 0 Å². The Morgan fingerprint density at radius 3 is 2.63 bits per heavy atom. The fourth-order valence-electron chi connectivity index (χ4n) is 1.53. The van der Waals surface area contributed by atoms with Crippen molar-refractivity contribution in [2.75, 3.05) is 19.5 Å². The quantitative estimate of drug-likeness (QED) is 0.829. The number of ether oxygens (including phenoxy) is 1. The molecule has 0 bridgehead atoms. The monoisotopic (exact) mass is 262 g/mol. The lowest BCUT2D eigenvalue weighted by molar-refractivity contribution is 0.414. The lowest BCUT2D eigenvalue weighted by Crippen LogP contribution is -2.12. The van der Waals surface area contributed by atoms with Crippen molar-refractivity contribution in [3.63, 3.8) is 0 Å². The summed E-state index contributed by atoms with van der Waals surface area (Å²) >= 11 is 0. The van der Waals surface area contributed by atoms with Gasteiger partial charge in [-0.1, -0.05) is 17.2 Å². The van der Waals surface area contributed by atoms with Gasteiger partial charge in [0.2, 0.25) is 5.89 Å². The topological polar surface area (TPSA) is 72.2 Å². The van der Waals surface area contributed by atoms with Crippen molar-refractivity contribution < 1.29 is 9.15 Å². The summed E-state index contributed by atoms with van der Waals surface area (Å²) in [6.45, 7) is 2.58. The van der Waals surface area contributed by atoms with Crippen LogP contribution >= 0.6 is 0 Å². The van der Waals surface area contributed by atoms with Crippen LogP contribution in [-0.2, 0) is 6.54 Å². The van der Waals surface area contributed by atoms with E-state index in [0.717, 1.165) is 11.3 Å². The number of hydrogen-bond donors (Lipinski definition) is 2. The van der Waals surface area contributed by atoms with Crippen LogP contribution in [0.4, 0.5) is 6.01 Å². The van der Waals surface area contributed by atoms with E-state index in [0.29, 0.717) is 18.5 Å². The number of anilines is 1. The number of benzene rings is 1. The van der Waals surface area contributed by atoms with E-state index in [2.05, 4.69) is 20.8 Å². The number of nitrogens with one attached hydrogen (secondary N) is 2. The lowest BCUT2D eigenvalue weighted by Gasteiger charge is -2.04. The van der Waals surface area contributed by atoms with Gasteiger partial charge in [-0.15, -0.1) is 5.10 Å². The summed E-state index contributed by atoms with van der Waals surface area (Å²) in [7, 11) is 3.50. The summed E-state index contributed by atoms with van der Waals surface area (Å²) in [5.74, 6) is 1.41. The Hall–Kier alpha value is -2.08. The minimum atomic E-state index is 0.0454. The highest BCUT2D eigenvalue weighted by Crippen LogP contribution is 2.15. The summed E-state index contributed by atoms with van der Waals surface area (Å²) in [5, 5.41) is 14.0. The van der Waals surface area contributed by atoms with Crippen LogP contribution in [0.5, 0.6) is 5.75 Å². The second-order valence-corrected chi connectivity index (χ2v) is 4.16. The van der Waals surface area contributed by atoms with E-state index in [-0.39, 0.29) is 6.04 Å². The molecule has 1 aromatic carbocycles. The summed E-state index contributed by atoms with van der Waals surface area (Å²) in [5.41, 5.74) is 1.11. The van der Waals surface area contributed by atoms with E-state index in [1.54, 1.807) is 7.11 Å². The van der Waals surface area contributed by atoms with Crippen molar-refractivity contribution in [3.05, 3.63) is 35.7 Å². The van der Waals surface area contributed by atoms with Crippen molar-refractivity contribution >= 4 is 6.01 Å². The number of hydrogen-bond acceptors (Lipinski definition) is 6. The largest absolute Gasteiger partial charge is 0.497 e. The number of rotatable bonds is 6.